The third-order valence-corrected chi connectivity index (χ3v) is 4.17. The molecule has 0 spiro atoms. The zero-order chi connectivity index (χ0) is 13.2. The van der Waals surface area contributed by atoms with Gasteiger partial charge >= 0.3 is 0 Å². The molecular formula is C13H15N3O2. The number of pyridine rings is 1. The number of aromatic nitrogens is 1. The Morgan fingerprint density at radius 2 is 1.83 bits per heavy atom. The van der Waals surface area contributed by atoms with Crippen LogP contribution in [0.1, 0.15) is 19.4 Å². The summed E-state index contributed by atoms with van der Waals surface area (Å²) >= 11 is 0. The molecule has 2 unspecified atom stereocenters. The molecule has 94 valence electrons. The molecule has 2 fully saturated rings. The molecule has 1 saturated carbocycles. The number of rotatable bonds is 1. The summed E-state index contributed by atoms with van der Waals surface area (Å²) in [5.41, 5.74) is 6.88. The van der Waals surface area contributed by atoms with Crippen LogP contribution in [-0.2, 0) is 9.59 Å². The molecule has 1 saturated heterocycles. The number of carbonyl (C=O) groups is 2. The topological polar surface area (TPSA) is 76.3 Å². The Bertz CT molecular complexity index is 556. The van der Waals surface area contributed by atoms with E-state index in [2.05, 4.69) is 4.98 Å². The van der Waals surface area contributed by atoms with Gasteiger partial charge in [-0.2, -0.15) is 0 Å². The van der Waals surface area contributed by atoms with Gasteiger partial charge in [0.2, 0.25) is 11.8 Å². The summed E-state index contributed by atoms with van der Waals surface area (Å²) in [6, 6.07) is 1.68. The summed E-state index contributed by atoms with van der Waals surface area (Å²) in [5.74, 6) is -0.229. The highest BCUT2D eigenvalue weighted by Gasteiger charge is 2.72. The van der Waals surface area contributed by atoms with Gasteiger partial charge in [-0.05, 0) is 24.0 Å². The van der Waals surface area contributed by atoms with Gasteiger partial charge in [0, 0.05) is 0 Å². The first-order valence-electron chi connectivity index (χ1n) is 5.95. The molecule has 2 atom stereocenters. The van der Waals surface area contributed by atoms with E-state index in [9.17, 15) is 9.59 Å². The van der Waals surface area contributed by atoms with Crippen molar-refractivity contribution in [3.63, 3.8) is 0 Å². The third kappa shape index (κ3) is 1.19. The minimum absolute atomic E-state index is 0.133. The number of imide groups is 1. The van der Waals surface area contributed by atoms with Crippen LogP contribution in [0.2, 0.25) is 0 Å². The standard InChI is InChI=1S/C13H15N3O2/c1-6-4-8(15-5-7(6)14)16-11(17)9-10(12(16)18)13(9,2)3/h4-5,9-10H,14H2,1-3H3. The minimum Gasteiger partial charge on any atom is -0.397 e. The lowest BCUT2D eigenvalue weighted by Gasteiger charge is -2.20. The molecule has 2 aliphatic rings. The van der Waals surface area contributed by atoms with Crippen LogP contribution in [0.5, 0.6) is 0 Å². The Hall–Kier alpha value is -1.91. The van der Waals surface area contributed by atoms with Crippen molar-refractivity contribution in [3.8, 4) is 0 Å². The summed E-state index contributed by atoms with van der Waals surface area (Å²) < 4.78 is 0. The van der Waals surface area contributed by atoms with E-state index < -0.39 is 0 Å². The molecule has 0 radical (unpaired) electrons. The zero-order valence-corrected chi connectivity index (χ0v) is 10.6. The van der Waals surface area contributed by atoms with E-state index in [1.165, 1.54) is 11.1 Å². The van der Waals surface area contributed by atoms with Crippen molar-refractivity contribution in [1.82, 2.24) is 4.98 Å². The van der Waals surface area contributed by atoms with Gasteiger partial charge in [0.1, 0.15) is 5.82 Å². The van der Waals surface area contributed by atoms with Crippen molar-refractivity contribution in [2.45, 2.75) is 20.8 Å². The molecule has 1 aliphatic carbocycles. The first kappa shape index (κ1) is 11.2. The first-order valence-corrected chi connectivity index (χ1v) is 5.95. The predicted octanol–water partition coefficient (Wildman–Crippen LogP) is 1.12. The van der Waals surface area contributed by atoms with Crippen molar-refractivity contribution in [1.29, 1.82) is 0 Å². The maximum atomic E-state index is 12.2. The maximum absolute atomic E-state index is 12.2. The van der Waals surface area contributed by atoms with Crippen LogP contribution >= 0.6 is 0 Å². The number of fused-ring (bicyclic) bond motifs is 1. The quantitative estimate of drug-likeness (QED) is 0.752. The highest BCUT2D eigenvalue weighted by Crippen LogP contribution is 2.63. The van der Waals surface area contributed by atoms with Crippen LogP contribution in [0.25, 0.3) is 0 Å². The van der Waals surface area contributed by atoms with E-state index in [1.54, 1.807) is 6.07 Å². The minimum atomic E-state index is -0.187. The molecule has 2 amide bonds. The molecule has 18 heavy (non-hydrogen) atoms. The zero-order valence-electron chi connectivity index (χ0n) is 10.6. The number of anilines is 2. The van der Waals surface area contributed by atoms with Crippen LogP contribution in [0, 0.1) is 24.2 Å². The van der Waals surface area contributed by atoms with Crippen LogP contribution < -0.4 is 10.6 Å². The van der Waals surface area contributed by atoms with Gasteiger partial charge in [0.05, 0.1) is 23.7 Å². The highest BCUT2D eigenvalue weighted by molar-refractivity contribution is 6.25. The third-order valence-electron chi connectivity index (χ3n) is 4.17. The molecule has 5 nitrogen and oxygen atoms in total. The lowest BCUT2D eigenvalue weighted by molar-refractivity contribution is -0.125. The van der Waals surface area contributed by atoms with Crippen molar-refractivity contribution in [2.24, 2.45) is 17.3 Å². The Morgan fingerprint density at radius 1 is 1.28 bits per heavy atom. The predicted molar refractivity (Wildman–Crippen MR) is 66.6 cm³/mol. The Kier molecular flexibility index (Phi) is 1.93. The van der Waals surface area contributed by atoms with E-state index in [-0.39, 0.29) is 29.1 Å². The van der Waals surface area contributed by atoms with Crippen molar-refractivity contribution < 1.29 is 9.59 Å². The Labute approximate surface area is 105 Å². The molecule has 2 N–H and O–H groups in total. The van der Waals surface area contributed by atoms with Gasteiger partial charge in [-0.15, -0.1) is 0 Å². The number of hydrogen-bond donors (Lipinski definition) is 1. The molecular weight excluding hydrogens is 230 g/mol. The number of nitrogen functional groups attached to an aromatic ring is 1. The number of nitrogens with two attached hydrogens (primary N) is 1. The van der Waals surface area contributed by atoms with Crippen molar-refractivity contribution >= 4 is 23.3 Å². The summed E-state index contributed by atoms with van der Waals surface area (Å²) in [7, 11) is 0. The molecule has 0 aromatic carbocycles. The first-order chi connectivity index (χ1) is 8.35. The van der Waals surface area contributed by atoms with Crippen LogP contribution in [0.3, 0.4) is 0 Å². The molecule has 3 rings (SSSR count). The van der Waals surface area contributed by atoms with Crippen LogP contribution in [0.15, 0.2) is 12.3 Å². The smallest absolute Gasteiger partial charge is 0.239 e. The Morgan fingerprint density at radius 3 is 2.33 bits per heavy atom. The number of nitrogens with zero attached hydrogens (tertiary/aromatic N) is 2. The molecule has 5 heteroatoms. The largest absolute Gasteiger partial charge is 0.397 e. The van der Waals surface area contributed by atoms with E-state index in [0.717, 1.165) is 5.56 Å². The average molecular weight is 245 g/mol. The number of aryl methyl sites for hydroxylation is 1. The van der Waals surface area contributed by atoms with Crippen molar-refractivity contribution in [2.75, 3.05) is 10.6 Å². The van der Waals surface area contributed by atoms with Gasteiger partial charge in [-0.3, -0.25) is 9.59 Å². The van der Waals surface area contributed by atoms with E-state index in [1.807, 2.05) is 20.8 Å². The monoisotopic (exact) mass is 245 g/mol. The highest BCUT2D eigenvalue weighted by atomic mass is 16.2. The summed E-state index contributed by atoms with van der Waals surface area (Å²) in [6.07, 6.45) is 1.49. The fraction of sp³-hybridized carbons (Fsp3) is 0.462. The van der Waals surface area contributed by atoms with Gasteiger partial charge in [-0.1, -0.05) is 13.8 Å². The van der Waals surface area contributed by atoms with Gasteiger partial charge in [0.25, 0.3) is 0 Å². The lowest BCUT2D eigenvalue weighted by atomic mass is 10.1. The fourth-order valence-corrected chi connectivity index (χ4v) is 2.85. The normalized spacial score (nSPS) is 28.5. The molecule has 1 aliphatic heterocycles. The van der Waals surface area contributed by atoms with E-state index >= 15 is 0 Å². The number of amides is 2. The van der Waals surface area contributed by atoms with Gasteiger partial charge in [-0.25, -0.2) is 9.88 Å². The summed E-state index contributed by atoms with van der Waals surface area (Å²) in [5, 5.41) is 0. The van der Waals surface area contributed by atoms with Crippen LogP contribution in [-0.4, -0.2) is 16.8 Å². The Balaban J connectivity index is 1.98. The molecule has 2 heterocycles. The van der Waals surface area contributed by atoms with E-state index in [0.29, 0.717) is 11.5 Å². The molecule has 1 aromatic heterocycles. The summed E-state index contributed by atoms with van der Waals surface area (Å²) in [6.45, 7) is 5.74. The number of piperidine rings is 1. The average Bonchev–Trinajstić information content (AvgIpc) is 2.74. The second-order valence-corrected chi connectivity index (χ2v) is 5.69. The molecule has 1 aromatic rings. The van der Waals surface area contributed by atoms with Gasteiger partial charge in [0.15, 0.2) is 0 Å². The van der Waals surface area contributed by atoms with Gasteiger partial charge < -0.3 is 5.73 Å². The lowest BCUT2D eigenvalue weighted by Crippen LogP contribution is -2.36. The second-order valence-electron chi connectivity index (χ2n) is 5.69. The molecule has 0 bridgehead atoms. The van der Waals surface area contributed by atoms with E-state index in [4.69, 9.17) is 5.73 Å². The summed E-state index contributed by atoms with van der Waals surface area (Å²) in [4.78, 5) is 29.7. The van der Waals surface area contributed by atoms with Crippen molar-refractivity contribution in [3.05, 3.63) is 17.8 Å². The number of carbonyl (C=O) groups excluding carboxylic acids is 2. The second kappa shape index (κ2) is 3.10. The fourth-order valence-electron chi connectivity index (χ4n) is 2.85. The SMILES string of the molecule is Cc1cc(N2C(=O)C3C(C2=O)C3(C)C)ncc1N. The number of hydrogen-bond acceptors (Lipinski definition) is 4. The maximum Gasteiger partial charge on any atom is 0.239 e. The van der Waals surface area contributed by atoms with Crippen LogP contribution in [0.4, 0.5) is 11.5 Å².